The average Bonchev–Trinajstić information content (AvgIpc) is 3.33. The third kappa shape index (κ3) is 6.25. The highest BCUT2D eigenvalue weighted by atomic mass is 35.5. The van der Waals surface area contributed by atoms with Crippen LogP contribution in [-0.2, 0) is 9.59 Å². The molecule has 1 aromatic rings. The maximum absolute atomic E-state index is 12.7. The average molecular weight is 466 g/mol. The number of thioether (sulfide) groups is 1. The number of nitrogens with zero attached hydrogens (tertiary/aromatic N) is 4. The molecule has 0 spiro atoms. The van der Waals surface area contributed by atoms with Crippen molar-refractivity contribution in [3.8, 4) is 0 Å². The topological polar surface area (TPSA) is 78.4 Å². The minimum atomic E-state index is 0.0288. The van der Waals surface area contributed by atoms with Crippen molar-refractivity contribution in [2.24, 2.45) is 5.92 Å². The maximum atomic E-state index is 12.7. The number of halogens is 1. The molecule has 170 valence electrons. The predicted octanol–water partition coefficient (Wildman–Crippen LogP) is 3.51. The van der Waals surface area contributed by atoms with Gasteiger partial charge in [-0.05, 0) is 25.7 Å². The molecule has 7 nitrogen and oxygen atoms in total. The Bertz CT molecular complexity index is 775. The zero-order chi connectivity index (χ0) is 21.6. The van der Waals surface area contributed by atoms with Gasteiger partial charge in [0.1, 0.15) is 11.0 Å². The SMILES string of the molecule is O=C(CSc1nc(Cl)cc(N2CCN(C(=O)C3CCCC3)CC2)n1)NC1CCCCC1. The second-order valence-corrected chi connectivity index (χ2v) is 10.1. The Balaban J connectivity index is 1.28. The summed E-state index contributed by atoms with van der Waals surface area (Å²) in [5.41, 5.74) is 0. The first-order chi connectivity index (χ1) is 15.1. The van der Waals surface area contributed by atoms with E-state index in [1.165, 1.54) is 43.9 Å². The van der Waals surface area contributed by atoms with Crippen LogP contribution in [0.3, 0.4) is 0 Å². The number of carbonyl (C=O) groups is 2. The molecule has 4 rings (SSSR count). The van der Waals surface area contributed by atoms with Gasteiger partial charge in [-0.15, -0.1) is 0 Å². The summed E-state index contributed by atoms with van der Waals surface area (Å²) in [6, 6.07) is 2.07. The van der Waals surface area contributed by atoms with Crippen LogP contribution in [-0.4, -0.2) is 64.7 Å². The quantitative estimate of drug-likeness (QED) is 0.393. The van der Waals surface area contributed by atoms with Crippen molar-refractivity contribution >= 4 is 41.0 Å². The molecule has 0 unspecified atom stereocenters. The predicted molar refractivity (Wildman–Crippen MR) is 124 cm³/mol. The zero-order valence-electron chi connectivity index (χ0n) is 18.0. The molecule has 1 aromatic heterocycles. The molecule has 0 bridgehead atoms. The summed E-state index contributed by atoms with van der Waals surface area (Å²) in [7, 11) is 0. The summed E-state index contributed by atoms with van der Waals surface area (Å²) in [5.74, 6) is 1.63. The van der Waals surface area contributed by atoms with Gasteiger partial charge in [-0.25, -0.2) is 9.97 Å². The summed E-state index contributed by atoms with van der Waals surface area (Å²) in [4.78, 5) is 38.0. The van der Waals surface area contributed by atoms with Gasteiger partial charge >= 0.3 is 0 Å². The first-order valence-electron chi connectivity index (χ1n) is 11.6. The number of hydrogen-bond acceptors (Lipinski definition) is 6. The van der Waals surface area contributed by atoms with Crippen LogP contribution < -0.4 is 10.2 Å². The van der Waals surface area contributed by atoms with Crippen molar-refractivity contribution in [1.82, 2.24) is 20.2 Å². The van der Waals surface area contributed by atoms with E-state index in [9.17, 15) is 9.59 Å². The molecular formula is C22H32ClN5O2S. The van der Waals surface area contributed by atoms with E-state index in [-0.39, 0.29) is 11.8 Å². The lowest BCUT2D eigenvalue weighted by Crippen LogP contribution is -2.50. The fraction of sp³-hybridized carbons (Fsp3) is 0.727. The summed E-state index contributed by atoms with van der Waals surface area (Å²) in [5, 5.41) is 4.02. The van der Waals surface area contributed by atoms with Crippen LogP contribution in [0.2, 0.25) is 5.15 Å². The summed E-state index contributed by atoms with van der Waals surface area (Å²) < 4.78 is 0. The number of carbonyl (C=O) groups excluding carboxylic acids is 2. The number of rotatable bonds is 6. The van der Waals surface area contributed by atoms with E-state index in [1.54, 1.807) is 6.07 Å². The molecule has 0 aromatic carbocycles. The van der Waals surface area contributed by atoms with Crippen LogP contribution in [0.4, 0.5) is 5.82 Å². The first-order valence-corrected chi connectivity index (χ1v) is 13.0. The van der Waals surface area contributed by atoms with Crippen molar-refractivity contribution < 1.29 is 9.59 Å². The van der Waals surface area contributed by atoms with E-state index in [0.717, 1.165) is 44.6 Å². The van der Waals surface area contributed by atoms with Gasteiger partial charge in [0.2, 0.25) is 11.8 Å². The molecule has 1 aliphatic heterocycles. The van der Waals surface area contributed by atoms with Crippen molar-refractivity contribution in [2.75, 3.05) is 36.8 Å². The molecule has 3 aliphatic rings. The van der Waals surface area contributed by atoms with E-state index in [1.807, 2.05) is 4.90 Å². The Kier molecular flexibility index (Phi) is 7.93. The van der Waals surface area contributed by atoms with E-state index in [0.29, 0.717) is 41.1 Å². The molecule has 2 heterocycles. The monoisotopic (exact) mass is 465 g/mol. The van der Waals surface area contributed by atoms with E-state index in [4.69, 9.17) is 11.6 Å². The Morgan fingerprint density at radius 3 is 2.39 bits per heavy atom. The normalized spacial score (nSPS) is 20.8. The molecule has 2 amide bonds. The van der Waals surface area contributed by atoms with Gasteiger partial charge in [0.15, 0.2) is 5.16 Å². The van der Waals surface area contributed by atoms with Gasteiger partial charge < -0.3 is 15.1 Å². The number of anilines is 1. The fourth-order valence-electron chi connectivity index (χ4n) is 4.85. The molecule has 9 heteroatoms. The summed E-state index contributed by atoms with van der Waals surface area (Å²) >= 11 is 7.57. The van der Waals surface area contributed by atoms with Crippen LogP contribution in [0.25, 0.3) is 0 Å². The number of piperazine rings is 1. The number of hydrogen-bond donors (Lipinski definition) is 1. The minimum Gasteiger partial charge on any atom is -0.353 e. The zero-order valence-corrected chi connectivity index (χ0v) is 19.6. The molecule has 0 atom stereocenters. The van der Waals surface area contributed by atoms with Gasteiger partial charge in [0.05, 0.1) is 5.75 Å². The highest BCUT2D eigenvalue weighted by Gasteiger charge is 2.30. The van der Waals surface area contributed by atoms with Gasteiger partial charge in [-0.2, -0.15) is 0 Å². The van der Waals surface area contributed by atoms with E-state index < -0.39 is 0 Å². The molecule has 1 saturated heterocycles. The third-order valence-corrected chi connectivity index (χ3v) is 7.62. The maximum Gasteiger partial charge on any atom is 0.230 e. The highest BCUT2D eigenvalue weighted by Crippen LogP contribution is 2.28. The Morgan fingerprint density at radius 1 is 1.00 bits per heavy atom. The second kappa shape index (κ2) is 10.9. The van der Waals surface area contributed by atoms with E-state index in [2.05, 4.69) is 20.2 Å². The molecule has 1 N–H and O–H groups in total. The number of nitrogens with one attached hydrogen (secondary N) is 1. The second-order valence-electron chi connectivity index (χ2n) is 8.82. The van der Waals surface area contributed by atoms with Crippen molar-refractivity contribution in [3.63, 3.8) is 0 Å². The molecule has 31 heavy (non-hydrogen) atoms. The van der Waals surface area contributed by atoms with Crippen LogP contribution >= 0.6 is 23.4 Å². The minimum absolute atomic E-state index is 0.0288. The highest BCUT2D eigenvalue weighted by molar-refractivity contribution is 7.99. The van der Waals surface area contributed by atoms with Crippen LogP contribution in [0.1, 0.15) is 57.8 Å². The first kappa shape index (κ1) is 22.6. The van der Waals surface area contributed by atoms with E-state index >= 15 is 0 Å². The van der Waals surface area contributed by atoms with Crippen LogP contribution in [0.15, 0.2) is 11.2 Å². The summed E-state index contributed by atoms with van der Waals surface area (Å²) in [6.07, 6.45) is 10.2. The van der Waals surface area contributed by atoms with Crippen LogP contribution in [0.5, 0.6) is 0 Å². The lowest BCUT2D eigenvalue weighted by Gasteiger charge is -2.36. The lowest BCUT2D eigenvalue weighted by molar-refractivity contribution is -0.135. The van der Waals surface area contributed by atoms with Crippen LogP contribution in [0, 0.1) is 5.92 Å². The van der Waals surface area contributed by atoms with Gasteiger partial charge in [0.25, 0.3) is 0 Å². The molecule has 0 radical (unpaired) electrons. The largest absolute Gasteiger partial charge is 0.353 e. The van der Waals surface area contributed by atoms with Gasteiger partial charge in [-0.3, -0.25) is 9.59 Å². The Morgan fingerprint density at radius 2 is 1.68 bits per heavy atom. The molecule has 2 aliphatic carbocycles. The van der Waals surface area contributed by atoms with Crippen molar-refractivity contribution in [3.05, 3.63) is 11.2 Å². The molecule has 3 fully saturated rings. The Labute approximate surface area is 193 Å². The molecule has 2 saturated carbocycles. The lowest BCUT2D eigenvalue weighted by atomic mass is 9.95. The molecular weight excluding hydrogens is 434 g/mol. The number of aromatic nitrogens is 2. The fourth-order valence-corrected chi connectivity index (χ4v) is 5.74. The van der Waals surface area contributed by atoms with Gasteiger partial charge in [0, 0.05) is 44.2 Å². The van der Waals surface area contributed by atoms with Crippen molar-refractivity contribution in [2.45, 2.75) is 69.0 Å². The van der Waals surface area contributed by atoms with Gasteiger partial charge in [-0.1, -0.05) is 55.5 Å². The smallest absolute Gasteiger partial charge is 0.230 e. The standard InChI is InChI=1S/C22H32ClN5O2S/c23-18-14-19(27-10-12-28(13-11-27)21(30)16-6-4-5-7-16)26-22(25-18)31-15-20(29)24-17-8-2-1-3-9-17/h14,16-17H,1-13,15H2,(H,24,29). The third-order valence-electron chi connectivity index (χ3n) is 6.58. The van der Waals surface area contributed by atoms with Crippen molar-refractivity contribution in [1.29, 1.82) is 0 Å². The summed E-state index contributed by atoms with van der Waals surface area (Å²) in [6.45, 7) is 2.89. The Hall–Kier alpha value is -1.54. The number of amides is 2.